The molecule has 1 unspecified atom stereocenters. The van der Waals surface area contributed by atoms with E-state index in [1.165, 1.54) is 57.8 Å². The number of hydrogen-bond acceptors (Lipinski definition) is 1. The van der Waals surface area contributed by atoms with Crippen LogP contribution in [0.25, 0.3) is 0 Å². The first-order valence-corrected chi connectivity index (χ1v) is 6.40. The molecule has 2 aliphatic carbocycles. The van der Waals surface area contributed by atoms with E-state index in [1.54, 1.807) is 0 Å². The van der Waals surface area contributed by atoms with Crippen molar-refractivity contribution in [2.75, 3.05) is 0 Å². The van der Waals surface area contributed by atoms with Crippen molar-refractivity contribution in [3.63, 3.8) is 0 Å². The maximum atomic E-state index is 10.4. The average molecular weight is 196 g/mol. The summed E-state index contributed by atoms with van der Waals surface area (Å²) in [5.74, 6) is 0.617. The van der Waals surface area contributed by atoms with Gasteiger partial charge in [0.25, 0.3) is 0 Å². The van der Waals surface area contributed by atoms with Gasteiger partial charge >= 0.3 is 0 Å². The smallest absolute Gasteiger partial charge is 0.0621 e. The third-order valence-corrected chi connectivity index (χ3v) is 4.56. The van der Waals surface area contributed by atoms with E-state index in [4.69, 9.17) is 0 Å². The minimum absolute atomic E-state index is 0.00898. The van der Waals surface area contributed by atoms with Gasteiger partial charge in [0.15, 0.2) is 0 Å². The van der Waals surface area contributed by atoms with Gasteiger partial charge in [0.05, 0.1) is 6.10 Å². The summed E-state index contributed by atoms with van der Waals surface area (Å²) in [4.78, 5) is 0. The standard InChI is InChI=1S/C13H24O/c1-13(9-5-6-10-13)12(14)11-7-3-2-4-8-11/h11-12,14H,2-10H2,1H3. The van der Waals surface area contributed by atoms with Crippen molar-refractivity contribution in [1.29, 1.82) is 0 Å². The zero-order valence-corrected chi connectivity index (χ0v) is 9.47. The lowest BCUT2D eigenvalue weighted by Gasteiger charge is -2.37. The van der Waals surface area contributed by atoms with E-state index in [0.717, 1.165) is 0 Å². The Morgan fingerprint density at radius 1 is 1.00 bits per heavy atom. The van der Waals surface area contributed by atoms with Crippen molar-refractivity contribution >= 4 is 0 Å². The van der Waals surface area contributed by atoms with Gasteiger partial charge in [0.1, 0.15) is 0 Å². The number of aliphatic hydroxyl groups is 1. The molecule has 2 saturated carbocycles. The maximum absolute atomic E-state index is 10.4. The lowest BCUT2D eigenvalue weighted by atomic mass is 9.72. The Kier molecular flexibility index (Phi) is 3.16. The minimum Gasteiger partial charge on any atom is -0.392 e. The van der Waals surface area contributed by atoms with Gasteiger partial charge < -0.3 is 5.11 Å². The van der Waals surface area contributed by atoms with Crippen LogP contribution in [-0.2, 0) is 0 Å². The van der Waals surface area contributed by atoms with E-state index in [0.29, 0.717) is 5.92 Å². The van der Waals surface area contributed by atoms with E-state index in [1.807, 2.05) is 0 Å². The Labute approximate surface area is 87.9 Å². The van der Waals surface area contributed by atoms with Gasteiger partial charge in [-0.05, 0) is 37.0 Å². The van der Waals surface area contributed by atoms with Gasteiger partial charge in [-0.1, -0.05) is 39.0 Å². The molecule has 0 spiro atoms. The molecule has 2 fully saturated rings. The summed E-state index contributed by atoms with van der Waals surface area (Å²) in [7, 11) is 0. The summed E-state index contributed by atoms with van der Waals surface area (Å²) in [5.41, 5.74) is 0.266. The highest BCUT2D eigenvalue weighted by Gasteiger charge is 2.40. The van der Waals surface area contributed by atoms with Gasteiger partial charge in [-0.3, -0.25) is 0 Å². The number of rotatable bonds is 2. The van der Waals surface area contributed by atoms with Crippen LogP contribution in [0, 0.1) is 11.3 Å². The molecule has 2 aliphatic rings. The minimum atomic E-state index is -0.00898. The molecule has 0 aliphatic heterocycles. The number of aliphatic hydroxyl groups excluding tert-OH is 1. The average Bonchev–Trinajstić information content (AvgIpc) is 2.67. The first kappa shape index (κ1) is 10.5. The van der Waals surface area contributed by atoms with Crippen LogP contribution in [0.3, 0.4) is 0 Å². The second-order valence-electron chi connectivity index (χ2n) is 5.70. The fourth-order valence-corrected chi connectivity index (χ4v) is 3.50. The molecule has 0 bridgehead atoms. The van der Waals surface area contributed by atoms with E-state index < -0.39 is 0 Å². The second kappa shape index (κ2) is 4.22. The molecule has 0 radical (unpaired) electrons. The molecule has 1 heteroatoms. The largest absolute Gasteiger partial charge is 0.392 e. The summed E-state index contributed by atoms with van der Waals surface area (Å²) in [5, 5.41) is 10.4. The van der Waals surface area contributed by atoms with Gasteiger partial charge in [-0.15, -0.1) is 0 Å². The SMILES string of the molecule is CC1(C(O)C2CCCCC2)CCCC1. The summed E-state index contributed by atoms with van der Waals surface area (Å²) in [6.45, 7) is 2.30. The fraction of sp³-hybridized carbons (Fsp3) is 1.00. The monoisotopic (exact) mass is 196 g/mol. The Morgan fingerprint density at radius 2 is 1.57 bits per heavy atom. The summed E-state index contributed by atoms with van der Waals surface area (Å²) < 4.78 is 0. The zero-order valence-electron chi connectivity index (χ0n) is 9.47. The highest BCUT2D eigenvalue weighted by atomic mass is 16.3. The fourth-order valence-electron chi connectivity index (χ4n) is 3.50. The zero-order chi connectivity index (χ0) is 10.0. The Hall–Kier alpha value is -0.0400. The van der Waals surface area contributed by atoms with Gasteiger partial charge in [0, 0.05) is 0 Å². The molecule has 1 N–H and O–H groups in total. The normalized spacial score (nSPS) is 30.4. The topological polar surface area (TPSA) is 20.2 Å². The quantitative estimate of drug-likeness (QED) is 0.716. The van der Waals surface area contributed by atoms with Crippen LogP contribution in [0.4, 0.5) is 0 Å². The van der Waals surface area contributed by atoms with E-state index >= 15 is 0 Å². The molecule has 14 heavy (non-hydrogen) atoms. The van der Waals surface area contributed by atoms with Crippen molar-refractivity contribution in [3.05, 3.63) is 0 Å². The van der Waals surface area contributed by atoms with Gasteiger partial charge in [0.2, 0.25) is 0 Å². The number of hydrogen-bond donors (Lipinski definition) is 1. The van der Waals surface area contributed by atoms with Crippen molar-refractivity contribution in [1.82, 2.24) is 0 Å². The Bertz CT molecular complexity index is 176. The molecule has 1 atom stereocenters. The van der Waals surface area contributed by atoms with Crippen LogP contribution >= 0.6 is 0 Å². The molecule has 2 rings (SSSR count). The summed E-state index contributed by atoms with van der Waals surface area (Å²) >= 11 is 0. The molecule has 0 aromatic rings. The molecule has 0 aromatic carbocycles. The van der Waals surface area contributed by atoms with Gasteiger partial charge in [-0.25, -0.2) is 0 Å². The third-order valence-electron chi connectivity index (χ3n) is 4.56. The highest BCUT2D eigenvalue weighted by Crippen LogP contribution is 2.45. The third kappa shape index (κ3) is 1.98. The summed E-state index contributed by atoms with van der Waals surface area (Å²) in [6, 6.07) is 0. The Balaban J connectivity index is 1.95. The highest BCUT2D eigenvalue weighted by molar-refractivity contribution is 4.91. The molecule has 0 saturated heterocycles. The van der Waals surface area contributed by atoms with Crippen LogP contribution in [0.5, 0.6) is 0 Å². The van der Waals surface area contributed by atoms with Crippen molar-refractivity contribution in [2.45, 2.75) is 70.8 Å². The van der Waals surface area contributed by atoms with Crippen LogP contribution in [0.1, 0.15) is 64.7 Å². The predicted molar refractivity (Wildman–Crippen MR) is 59.2 cm³/mol. The van der Waals surface area contributed by atoms with E-state index in [2.05, 4.69) is 6.92 Å². The van der Waals surface area contributed by atoms with Crippen LogP contribution in [-0.4, -0.2) is 11.2 Å². The lowest BCUT2D eigenvalue weighted by molar-refractivity contribution is -0.0179. The first-order valence-electron chi connectivity index (χ1n) is 6.40. The van der Waals surface area contributed by atoms with E-state index in [-0.39, 0.29) is 11.5 Å². The van der Waals surface area contributed by atoms with E-state index in [9.17, 15) is 5.11 Å². The van der Waals surface area contributed by atoms with Crippen molar-refractivity contribution in [3.8, 4) is 0 Å². The molecule has 82 valence electrons. The molecular weight excluding hydrogens is 172 g/mol. The molecule has 1 nitrogen and oxygen atoms in total. The summed E-state index contributed by atoms with van der Waals surface area (Å²) in [6.07, 6.45) is 11.8. The van der Waals surface area contributed by atoms with Gasteiger partial charge in [-0.2, -0.15) is 0 Å². The van der Waals surface area contributed by atoms with Crippen LogP contribution < -0.4 is 0 Å². The lowest BCUT2D eigenvalue weighted by Crippen LogP contribution is -2.37. The molecule has 0 heterocycles. The van der Waals surface area contributed by atoms with Crippen LogP contribution in [0.15, 0.2) is 0 Å². The maximum Gasteiger partial charge on any atom is 0.0621 e. The molecular formula is C13H24O. The first-order chi connectivity index (χ1) is 6.72. The molecule has 0 amide bonds. The molecule has 0 aromatic heterocycles. The predicted octanol–water partition coefficient (Wildman–Crippen LogP) is 3.51. The van der Waals surface area contributed by atoms with Crippen LogP contribution in [0.2, 0.25) is 0 Å². The van der Waals surface area contributed by atoms with Crippen molar-refractivity contribution in [2.24, 2.45) is 11.3 Å². The second-order valence-corrected chi connectivity index (χ2v) is 5.70. The Morgan fingerprint density at radius 3 is 2.14 bits per heavy atom. The van der Waals surface area contributed by atoms with Crippen molar-refractivity contribution < 1.29 is 5.11 Å².